The predicted molar refractivity (Wildman–Crippen MR) is 132 cm³/mol. The molecule has 1 heterocycles. The monoisotopic (exact) mass is 453 g/mol. The van der Waals surface area contributed by atoms with Gasteiger partial charge in [0.2, 0.25) is 0 Å². The van der Waals surface area contributed by atoms with Gasteiger partial charge < -0.3 is 10.4 Å². The van der Waals surface area contributed by atoms with Crippen LogP contribution < -0.4 is 5.32 Å². The van der Waals surface area contributed by atoms with E-state index in [0.717, 1.165) is 22.5 Å². The summed E-state index contributed by atoms with van der Waals surface area (Å²) in [4.78, 5) is 33.5. The Balaban J connectivity index is 1.62. The lowest BCUT2D eigenvalue weighted by molar-refractivity contribution is -0.137. The van der Waals surface area contributed by atoms with Crippen molar-refractivity contribution in [1.29, 1.82) is 0 Å². The Labute approximate surface area is 198 Å². The van der Waals surface area contributed by atoms with Gasteiger partial charge in [0, 0.05) is 17.5 Å². The van der Waals surface area contributed by atoms with Crippen LogP contribution in [0.4, 0.5) is 0 Å². The van der Waals surface area contributed by atoms with Gasteiger partial charge in [0.05, 0.1) is 28.5 Å². The number of amides is 1. The number of aliphatic carboxylic acids is 1. The van der Waals surface area contributed by atoms with E-state index in [2.05, 4.69) is 5.32 Å². The van der Waals surface area contributed by atoms with Crippen LogP contribution in [0, 0.1) is 0 Å². The number of nitrogens with zero attached hydrogens (tertiary/aromatic N) is 2. The molecule has 6 heteroatoms. The van der Waals surface area contributed by atoms with E-state index in [1.807, 2.05) is 73.7 Å². The number of rotatable bonds is 9. The number of hydrogen-bond donors (Lipinski definition) is 2. The van der Waals surface area contributed by atoms with Crippen LogP contribution in [0.2, 0.25) is 0 Å². The van der Waals surface area contributed by atoms with E-state index in [-0.39, 0.29) is 18.4 Å². The topological polar surface area (TPSA) is 92.2 Å². The number of carbonyl (C=O) groups excluding carboxylic acids is 1. The first kappa shape index (κ1) is 23.1. The number of unbranched alkanes of at least 4 members (excludes halogenated alkanes) is 1. The molecule has 0 spiro atoms. The molecule has 0 radical (unpaired) electrons. The van der Waals surface area contributed by atoms with E-state index in [1.54, 1.807) is 12.1 Å². The van der Waals surface area contributed by atoms with Crippen molar-refractivity contribution >= 4 is 22.9 Å². The molecule has 1 unspecified atom stereocenters. The second kappa shape index (κ2) is 10.7. The number of carboxylic acids is 1. The molecular weight excluding hydrogens is 426 g/mol. The summed E-state index contributed by atoms with van der Waals surface area (Å²) in [5, 5.41) is 12.0. The fourth-order valence-electron chi connectivity index (χ4n) is 3.91. The Morgan fingerprint density at radius 1 is 0.882 bits per heavy atom. The quantitative estimate of drug-likeness (QED) is 0.323. The maximum Gasteiger partial charge on any atom is 0.303 e. The van der Waals surface area contributed by atoms with Gasteiger partial charge in [0.1, 0.15) is 0 Å². The minimum Gasteiger partial charge on any atom is -0.481 e. The summed E-state index contributed by atoms with van der Waals surface area (Å²) in [5.74, 6) is -0.969. The first-order valence-electron chi connectivity index (χ1n) is 11.4. The molecule has 3 aromatic carbocycles. The molecule has 1 amide bonds. The van der Waals surface area contributed by atoms with Crippen LogP contribution in [-0.2, 0) is 11.2 Å². The maximum atomic E-state index is 12.9. The number of hydrogen-bond acceptors (Lipinski definition) is 4. The molecule has 0 fully saturated rings. The lowest BCUT2D eigenvalue weighted by atomic mass is 10.0. The van der Waals surface area contributed by atoms with Crippen LogP contribution in [0.25, 0.3) is 22.3 Å². The minimum atomic E-state index is -0.798. The number of carbonyl (C=O) groups is 2. The van der Waals surface area contributed by atoms with Crippen molar-refractivity contribution in [3.05, 3.63) is 95.7 Å². The Hall–Kier alpha value is -4.06. The van der Waals surface area contributed by atoms with Crippen LogP contribution in [0.15, 0.2) is 78.9 Å². The van der Waals surface area contributed by atoms with Gasteiger partial charge in [-0.25, -0.2) is 9.97 Å². The number of fused-ring (bicyclic) bond motifs is 1. The number of benzene rings is 3. The lowest BCUT2D eigenvalue weighted by Gasteiger charge is -2.15. The summed E-state index contributed by atoms with van der Waals surface area (Å²) in [6.45, 7) is 1.95. The summed E-state index contributed by atoms with van der Waals surface area (Å²) in [6, 6.07) is 24.9. The summed E-state index contributed by atoms with van der Waals surface area (Å²) >= 11 is 0. The average molecular weight is 454 g/mol. The van der Waals surface area contributed by atoms with Crippen molar-refractivity contribution in [2.45, 2.75) is 38.6 Å². The SMILES string of the molecule is CC(NC(=O)c1ccc2nc(-c3ccccc3)c(CCCCC(=O)O)nc2c1)c1ccccc1. The van der Waals surface area contributed by atoms with Crippen molar-refractivity contribution in [1.82, 2.24) is 15.3 Å². The van der Waals surface area contributed by atoms with Gasteiger partial charge in [0.15, 0.2) is 0 Å². The molecule has 0 saturated carbocycles. The highest BCUT2D eigenvalue weighted by molar-refractivity contribution is 5.97. The normalized spacial score (nSPS) is 11.8. The molecule has 0 aliphatic heterocycles. The highest BCUT2D eigenvalue weighted by atomic mass is 16.4. The molecule has 6 nitrogen and oxygen atoms in total. The molecule has 4 aromatic rings. The Kier molecular flexibility index (Phi) is 7.28. The fraction of sp³-hybridized carbons (Fsp3) is 0.214. The van der Waals surface area contributed by atoms with Crippen molar-refractivity contribution < 1.29 is 14.7 Å². The van der Waals surface area contributed by atoms with Gasteiger partial charge in [-0.1, -0.05) is 60.7 Å². The van der Waals surface area contributed by atoms with Crippen LogP contribution in [0.1, 0.15) is 53.8 Å². The smallest absolute Gasteiger partial charge is 0.303 e. The second-order valence-electron chi connectivity index (χ2n) is 8.30. The zero-order valence-electron chi connectivity index (χ0n) is 19.1. The molecular formula is C28H27N3O3. The molecule has 2 N–H and O–H groups in total. The molecule has 0 aliphatic rings. The van der Waals surface area contributed by atoms with E-state index in [0.29, 0.717) is 35.9 Å². The molecule has 4 rings (SSSR count). The van der Waals surface area contributed by atoms with E-state index in [4.69, 9.17) is 15.1 Å². The van der Waals surface area contributed by atoms with Crippen molar-refractivity contribution in [3.8, 4) is 11.3 Å². The summed E-state index contributed by atoms with van der Waals surface area (Å²) in [5.41, 5.74) is 5.47. The van der Waals surface area contributed by atoms with Crippen molar-refractivity contribution in [2.75, 3.05) is 0 Å². The highest BCUT2D eigenvalue weighted by Crippen LogP contribution is 2.25. The lowest BCUT2D eigenvalue weighted by Crippen LogP contribution is -2.26. The third kappa shape index (κ3) is 5.64. The minimum absolute atomic E-state index is 0.124. The molecule has 0 bridgehead atoms. The number of aryl methyl sites for hydroxylation is 1. The zero-order valence-corrected chi connectivity index (χ0v) is 19.1. The van der Waals surface area contributed by atoms with Gasteiger partial charge in [-0.15, -0.1) is 0 Å². The fourth-order valence-corrected chi connectivity index (χ4v) is 3.91. The van der Waals surface area contributed by atoms with Gasteiger partial charge in [-0.3, -0.25) is 9.59 Å². The van der Waals surface area contributed by atoms with Crippen molar-refractivity contribution in [2.24, 2.45) is 0 Å². The van der Waals surface area contributed by atoms with E-state index in [9.17, 15) is 9.59 Å². The molecule has 0 saturated heterocycles. The van der Waals surface area contributed by atoms with Crippen LogP contribution in [0.3, 0.4) is 0 Å². The van der Waals surface area contributed by atoms with E-state index in [1.165, 1.54) is 0 Å². The third-order valence-corrected chi connectivity index (χ3v) is 5.75. The number of aromatic nitrogens is 2. The average Bonchev–Trinajstić information content (AvgIpc) is 2.86. The zero-order chi connectivity index (χ0) is 23.9. The molecule has 172 valence electrons. The standard InChI is InChI=1S/C28H27N3O3/c1-19(20-10-4-2-5-11-20)29-28(34)22-16-17-23-25(18-22)30-24(14-8-9-15-26(32)33)27(31-23)21-12-6-3-7-13-21/h2-7,10-13,16-19H,8-9,14-15H2,1H3,(H,29,34)(H,32,33). The van der Waals surface area contributed by atoms with E-state index >= 15 is 0 Å². The van der Waals surface area contributed by atoms with Crippen LogP contribution in [-0.4, -0.2) is 27.0 Å². The summed E-state index contributed by atoms with van der Waals surface area (Å²) < 4.78 is 0. The van der Waals surface area contributed by atoms with Gasteiger partial charge in [-0.05, 0) is 49.9 Å². The number of carboxylic acid groups (broad SMARTS) is 1. The van der Waals surface area contributed by atoms with Gasteiger partial charge >= 0.3 is 5.97 Å². The Morgan fingerprint density at radius 3 is 2.29 bits per heavy atom. The maximum absolute atomic E-state index is 12.9. The first-order chi connectivity index (χ1) is 16.5. The third-order valence-electron chi connectivity index (χ3n) is 5.75. The summed E-state index contributed by atoms with van der Waals surface area (Å²) in [6.07, 6.45) is 2.01. The second-order valence-corrected chi connectivity index (χ2v) is 8.30. The molecule has 0 aliphatic carbocycles. The van der Waals surface area contributed by atoms with Gasteiger partial charge in [-0.2, -0.15) is 0 Å². The summed E-state index contributed by atoms with van der Waals surface area (Å²) in [7, 11) is 0. The highest BCUT2D eigenvalue weighted by Gasteiger charge is 2.15. The molecule has 1 atom stereocenters. The largest absolute Gasteiger partial charge is 0.481 e. The predicted octanol–water partition coefficient (Wildman–Crippen LogP) is 5.59. The van der Waals surface area contributed by atoms with E-state index < -0.39 is 5.97 Å². The van der Waals surface area contributed by atoms with Gasteiger partial charge in [0.25, 0.3) is 5.91 Å². The molecule has 34 heavy (non-hydrogen) atoms. The Morgan fingerprint density at radius 2 is 1.59 bits per heavy atom. The molecule has 1 aromatic heterocycles. The van der Waals surface area contributed by atoms with Crippen LogP contribution >= 0.6 is 0 Å². The first-order valence-corrected chi connectivity index (χ1v) is 11.4. The van der Waals surface area contributed by atoms with Crippen molar-refractivity contribution in [3.63, 3.8) is 0 Å². The number of nitrogens with one attached hydrogen (secondary N) is 1. The van der Waals surface area contributed by atoms with Crippen LogP contribution in [0.5, 0.6) is 0 Å². The Bertz CT molecular complexity index is 1290.